The van der Waals surface area contributed by atoms with Crippen molar-refractivity contribution in [3.05, 3.63) is 31.2 Å². The van der Waals surface area contributed by atoms with Crippen LogP contribution >= 0.6 is 61.5 Å². The van der Waals surface area contributed by atoms with Crippen molar-refractivity contribution in [2.24, 2.45) is 0 Å². The standard InChI is InChI=1S/C9H5BrClIN2S/c10-5-1-2-7(12)6(3-5)9-14-13-8(4-11)15-9/h1-3H,4H2. The van der Waals surface area contributed by atoms with Crippen LogP contribution in [0.2, 0.25) is 0 Å². The molecule has 0 amide bonds. The summed E-state index contributed by atoms with van der Waals surface area (Å²) >= 11 is 13.0. The van der Waals surface area contributed by atoms with Gasteiger partial charge < -0.3 is 0 Å². The first-order valence-corrected chi connectivity index (χ1v) is 7.27. The minimum Gasteiger partial charge on any atom is -0.142 e. The monoisotopic (exact) mass is 414 g/mol. The summed E-state index contributed by atoms with van der Waals surface area (Å²) in [6, 6.07) is 6.09. The lowest BCUT2D eigenvalue weighted by Gasteiger charge is -1.99. The Morgan fingerprint density at radius 1 is 1.40 bits per heavy atom. The maximum Gasteiger partial charge on any atom is 0.148 e. The zero-order valence-corrected chi connectivity index (χ0v) is 12.7. The van der Waals surface area contributed by atoms with E-state index in [0.717, 1.165) is 23.6 Å². The van der Waals surface area contributed by atoms with Crippen LogP contribution in [0.25, 0.3) is 10.6 Å². The summed E-state index contributed by atoms with van der Waals surface area (Å²) in [7, 11) is 0. The zero-order valence-electron chi connectivity index (χ0n) is 7.38. The molecule has 0 unspecified atom stereocenters. The Labute approximate surface area is 118 Å². The Kier molecular flexibility index (Phi) is 3.98. The number of hydrogen-bond donors (Lipinski definition) is 0. The Morgan fingerprint density at radius 3 is 2.87 bits per heavy atom. The SMILES string of the molecule is ClCc1nnc(-c2cc(Br)ccc2I)s1. The van der Waals surface area contributed by atoms with Crippen molar-refractivity contribution < 1.29 is 0 Å². The second-order valence-corrected chi connectivity index (χ2v) is 6.17. The van der Waals surface area contributed by atoms with Crippen molar-refractivity contribution in [1.29, 1.82) is 0 Å². The van der Waals surface area contributed by atoms with Gasteiger partial charge in [0.2, 0.25) is 0 Å². The van der Waals surface area contributed by atoms with E-state index in [9.17, 15) is 0 Å². The number of halogens is 3. The molecule has 0 saturated carbocycles. The summed E-state index contributed by atoms with van der Waals surface area (Å²) in [4.78, 5) is 0. The molecule has 0 aliphatic heterocycles. The van der Waals surface area contributed by atoms with Crippen molar-refractivity contribution in [2.45, 2.75) is 5.88 Å². The van der Waals surface area contributed by atoms with E-state index >= 15 is 0 Å². The Balaban J connectivity index is 2.48. The lowest BCUT2D eigenvalue weighted by atomic mass is 10.2. The molecule has 2 rings (SSSR count). The molecule has 0 saturated heterocycles. The highest BCUT2D eigenvalue weighted by atomic mass is 127. The molecule has 6 heteroatoms. The van der Waals surface area contributed by atoms with Gasteiger partial charge in [0.05, 0.1) is 5.88 Å². The fraction of sp³-hybridized carbons (Fsp3) is 0.111. The van der Waals surface area contributed by atoms with Gasteiger partial charge in [0.25, 0.3) is 0 Å². The molecule has 0 spiro atoms. The lowest BCUT2D eigenvalue weighted by molar-refractivity contribution is 1.04. The van der Waals surface area contributed by atoms with Crippen LogP contribution in [-0.4, -0.2) is 10.2 Å². The first-order valence-electron chi connectivity index (χ1n) is 4.04. The number of rotatable bonds is 2. The molecular weight excluding hydrogens is 410 g/mol. The fourth-order valence-corrected chi connectivity index (χ4v) is 3.15. The number of benzene rings is 1. The third kappa shape index (κ3) is 2.69. The van der Waals surface area contributed by atoms with E-state index in [0.29, 0.717) is 5.88 Å². The third-order valence-corrected chi connectivity index (χ3v) is 4.54. The minimum atomic E-state index is 0.419. The van der Waals surface area contributed by atoms with E-state index in [1.54, 1.807) is 0 Å². The summed E-state index contributed by atoms with van der Waals surface area (Å²) < 4.78 is 2.20. The average molecular weight is 415 g/mol. The normalized spacial score (nSPS) is 10.6. The van der Waals surface area contributed by atoms with Crippen LogP contribution in [0.15, 0.2) is 22.7 Å². The third-order valence-electron chi connectivity index (χ3n) is 1.74. The molecule has 0 bridgehead atoms. The van der Waals surface area contributed by atoms with Gasteiger partial charge in [-0.15, -0.1) is 21.8 Å². The van der Waals surface area contributed by atoms with E-state index < -0.39 is 0 Å². The number of alkyl halides is 1. The predicted octanol–water partition coefficient (Wildman–Crippen LogP) is 4.31. The van der Waals surface area contributed by atoms with Crippen LogP contribution in [0.3, 0.4) is 0 Å². The topological polar surface area (TPSA) is 25.8 Å². The summed E-state index contributed by atoms with van der Waals surface area (Å²) in [6.45, 7) is 0. The van der Waals surface area contributed by atoms with Gasteiger partial charge >= 0.3 is 0 Å². The van der Waals surface area contributed by atoms with Gasteiger partial charge in [-0.2, -0.15) is 0 Å². The molecule has 0 aliphatic carbocycles. The highest BCUT2D eigenvalue weighted by Crippen LogP contribution is 2.30. The molecule has 0 N–H and O–H groups in total. The highest BCUT2D eigenvalue weighted by molar-refractivity contribution is 14.1. The Morgan fingerprint density at radius 2 is 2.20 bits per heavy atom. The molecule has 78 valence electrons. The van der Waals surface area contributed by atoms with E-state index in [1.165, 1.54) is 11.3 Å². The summed E-state index contributed by atoms with van der Waals surface area (Å²) in [6.07, 6.45) is 0. The van der Waals surface area contributed by atoms with Crippen LogP contribution in [0, 0.1) is 3.57 Å². The molecule has 2 aromatic rings. The van der Waals surface area contributed by atoms with Crippen molar-refractivity contribution in [3.63, 3.8) is 0 Å². The molecule has 1 aromatic carbocycles. The largest absolute Gasteiger partial charge is 0.148 e. The average Bonchev–Trinajstić information content (AvgIpc) is 2.70. The highest BCUT2D eigenvalue weighted by Gasteiger charge is 2.09. The van der Waals surface area contributed by atoms with Crippen molar-refractivity contribution >= 4 is 61.5 Å². The molecule has 15 heavy (non-hydrogen) atoms. The summed E-state index contributed by atoms with van der Waals surface area (Å²) in [5.74, 6) is 0.419. The Bertz CT molecular complexity index is 489. The van der Waals surface area contributed by atoms with Crippen LogP contribution < -0.4 is 0 Å². The van der Waals surface area contributed by atoms with Gasteiger partial charge in [-0.3, -0.25) is 0 Å². The van der Waals surface area contributed by atoms with Crippen LogP contribution in [-0.2, 0) is 5.88 Å². The van der Waals surface area contributed by atoms with E-state index in [-0.39, 0.29) is 0 Å². The first-order chi connectivity index (χ1) is 7.20. The molecule has 2 nitrogen and oxygen atoms in total. The van der Waals surface area contributed by atoms with Gasteiger partial charge in [0, 0.05) is 13.6 Å². The fourth-order valence-electron chi connectivity index (χ4n) is 1.08. The van der Waals surface area contributed by atoms with Crippen LogP contribution in [0.1, 0.15) is 5.01 Å². The van der Waals surface area contributed by atoms with Crippen LogP contribution in [0.4, 0.5) is 0 Å². The number of aromatic nitrogens is 2. The quantitative estimate of drug-likeness (QED) is 0.540. The first kappa shape index (κ1) is 11.8. The zero-order chi connectivity index (χ0) is 10.8. The maximum atomic E-state index is 5.70. The number of nitrogens with zero attached hydrogens (tertiary/aromatic N) is 2. The molecule has 0 fully saturated rings. The number of hydrogen-bond acceptors (Lipinski definition) is 3. The molecule has 1 aromatic heterocycles. The second-order valence-electron chi connectivity index (χ2n) is 2.76. The van der Waals surface area contributed by atoms with Gasteiger partial charge in [-0.1, -0.05) is 27.3 Å². The van der Waals surface area contributed by atoms with E-state index in [4.69, 9.17) is 11.6 Å². The van der Waals surface area contributed by atoms with Gasteiger partial charge in [-0.25, -0.2) is 0 Å². The Hall–Kier alpha value is 0.280. The van der Waals surface area contributed by atoms with Crippen molar-refractivity contribution in [1.82, 2.24) is 10.2 Å². The molecule has 0 atom stereocenters. The van der Waals surface area contributed by atoms with E-state index in [2.05, 4.69) is 48.7 Å². The summed E-state index contributed by atoms with van der Waals surface area (Å²) in [5.41, 5.74) is 1.10. The molecular formula is C9H5BrClIN2S. The van der Waals surface area contributed by atoms with Crippen LogP contribution in [0.5, 0.6) is 0 Å². The molecule has 0 radical (unpaired) electrons. The van der Waals surface area contributed by atoms with Crippen molar-refractivity contribution in [2.75, 3.05) is 0 Å². The lowest BCUT2D eigenvalue weighted by Crippen LogP contribution is -1.82. The van der Waals surface area contributed by atoms with Gasteiger partial charge in [0.1, 0.15) is 10.0 Å². The van der Waals surface area contributed by atoms with Gasteiger partial charge in [0.15, 0.2) is 0 Å². The van der Waals surface area contributed by atoms with Gasteiger partial charge in [-0.05, 0) is 40.8 Å². The maximum absolute atomic E-state index is 5.70. The summed E-state index contributed by atoms with van der Waals surface area (Å²) in [5, 5.41) is 9.88. The minimum absolute atomic E-state index is 0.419. The molecule has 0 aliphatic rings. The van der Waals surface area contributed by atoms with E-state index in [1.807, 2.05) is 18.2 Å². The van der Waals surface area contributed by atoms with Crippen molar-refractivity contribution in [3.8, 4) is 10.6 Å². The predicted molar refractivity (Wildman–Crippen MR) is 75.3 cm³/mol. The molecule has 1 heterocycles. The second kappa shape index (κ2) is 5.07. The smallest absolute Gasteiger partial charge is 0.142 e.